The van der Waals surface area contributed by atoms with E-state index in [9.17, 15) is 4.79 Å². The van der Waals surface area contributed by atoms with Gasteiger partial charge < -0.3 is 0 Å². The van der Waals surface area contributed by atoms with Gasteiger partial charge in [-0.15, -0.1) is 0 Å². The summed E-state index contributed by atoms with van der Waals surface area (Å²) >= 11 is 0.399. The molecule has 3 heteroatoms. The Labute approximate surface area is 104 Å². The standard InChI is InChI=1S/C13H18O2Se/c1-3-7-12(15-11(2)14)10-16-13-8-5-4-6-9-13/h4-6,8-9,12H,3,7,10H2,1-2H3/t12-/m1/s1. The molecule has 1 rings (SSSR count). The van der Waals surface area contributed by atoms with Crippen molar-refractivity contribution in [1.82, 2.24) is 0 Å². The van der Waals surface area contributed by atoms with Gasteiger partial charge in [0, 0.05) is 0 Å². The molecule has 0 radical (unpaired) electrons. The predicted molar refractivity (Wildman–Crippen MR) is 67.1 cm³/mol. The van der Waals surface area contributed by atoms with Gasteiger partial charge >= 0.3 is 103 Å². The van der Waals surface area contributed by atoms with E-state index < -0.39 is 0 Å². The second-order valence-corrected chi connectivity index (χ2v) is 5.94. The molecule has 2 nitrogen and oxygen atoms in total. The zero-order chi connectivity index (χ0) is 11.8. The molecular weight excluding hydrogens is 267 g/mol. The van der Waals surface area contributed by atoms with Gasteiger partial charge in [-0.25, -0.2) is 0 Å². The van der Waals surface area contributed by atoms with Gasteiger partial charge in [0.05, 0.1) is 0 Å². The van der Waals surface area contributed by atoms with Crippen LogP contribution in [0.2, 0.25) is 5.32 Å². The third kappa shape index (κ3) is 5.34. The van der Waals surface area contributed by atoms with Crippen LogP contribution in [-0.2, 0) is 9.53 Å². The first-order chi connectivity index (χ1) is 7.72. The molecule has 0 amide bonds. The Morgan fingerprint density at radius 2 is 2.06 bits per heavy atom. The van der Waals surface area contributed by atoms with Crippen molar-refractivity contribution in [3.05, 3.63) is 30.3 Å². The Hall–Kier alpha value is -0.791. The van der Waals surface area contributed by atoms with Crippen LogP contribution in [0.15, 0.2) is 30.3 Å². The number of carbonyl (C=O) groups is 1. The van der Waals surface area contributed by atoms with E-state index in [1.54, 1.807) is 0 Å². The number of esters is 1. The minimum absolute atomic E-state index is 0.0997. The first-order valence-corrected chi connectivity index (χ1v) is 7.64. The third-order valence-electron chi connectivity index (χ3n) is 2.12. The fourth-order valence-corrected chi connectivity index (χ4v) is 3.46. The molecule has 0 unspecified atom stereocenters. The minimum atomic E-state index is -0.165. The van der Waals surface area contributed by atoms with Gasteiger partial charge in [0.2, 0.25) is 0 Å². The average molecular weight is 285 g/mol. The molecule has 1 aromatic carbocycles. The first kappa shape index (κ1) is 13.3. The number of hydrogen-bond donors (Lipinski definition) is 0. The number of ether oxygens (including phenoxy) is 1. The van der Waals surface area contributed by atoms with Crippen molar-refractivity contribution in [3.8, 4) is 0 Å². The van der Waals surface area contributed by atoms with E-state index in [0.717, 1.165) is 18.2 Å². The van der Waals surface area contributed by atoms with Crippen LogP contribution in [0.1, 0.15) is 26.7 Å². The Kier molecular flexibility index (Phi) is 6.20. The predicted octanol–water partition coefficient (Wildman–Crippen LogP) is 2.17. The van der Waals surface area contributed by atoms with Crippen LogP contribution in [0.4, 0.5) is 0 Å². The zero-order valence-corrected chi connectivity index (χ0v) is 11.5. The van der Waals surface area contributed by atoms with Crippen LogP contribution < -0.4 is 4.46 Å². The van der Waals surface area contributed by atoms with Gasteiger partial charge in [0.1, 0.15) is 0 Å². The molecule has 88 valence electrons. The SMILES string of the molecule is CCC[C@H](C[Se]c1ccccc1)OC(C)=O. The summed E-state index contributed by atoms with van der Waals surface area (Å²) in [6.07, 6.45) is 2.12. The van der Waals surface area contributed by atoms with Crippen molar-refractivity contribution in [2.75, 3.05) is 0 Å². The summed E-state index contributed by atoms with van der Waals surface area (Å²) in [5.41, 5.74) is 0. The maximum absolute atomic E-state index is 10.9. The Bertz CT molecular complexity index is 311. The second kappa shape index (κ2) is 7.48. The molecule has 0 fully saturated rings. The van der Waals surface area contributed by atoms with Gasteiger partial charge in [-0.05, 0) is 0 Å². The molecule has 0 saturated heterocycles. The first-order valence-electron chi connectivity index (χ1n) is 5.57. The number of benzene rings is 1. The maximum atomic E-state index is 10.9. The monoisotopic (exact) mass is 286 g/mol. The molecule has 0 aromatic heterocycles. The molecule has 16 heavy (non-hydrogen) atoms. The van der Waals surface area contributed by atoms with Crippen molar-refractivity contribution in [2.45, 2.75) is 38.1 Å². The summed E-state index contributed by atoms with van der Waals surface area (Å²) in [6.45, 7) is 3.60. The molecule has 0 aliphatic carbocycles. The van der Waals surface area contributed by atoms with Crippen LogP contribution in [0, 0.1) is 0 Å². The molecule has 0 N–H and O–H groups in total. The van der Waals surface area contributed by atoms with Crippen molar-refractivity contribution in [1.29, 1.82) is 0 Å². The Morgan fingerprint density at radius 1 is 1.38 bits per heavy atom. The topological polar surface area (TPSA) is 26.3 Å². The molecule has 0 aliphatic rings. The Morgan fingerprint density at radius 3 is 2.62 bits per heavy atom. The zero-order valence-electron chi connectivity index (χ0n) is 9.81. The molecule has 0 heterocycles. The van der Waals surface area contributed by atoms with E-state index in [-0.39, 0.29) is 12.1 Å². The summed E-state index contributed by atoms with van der Waals surface area (Å²) in [4.78, 5) is 10.9. The quantitative estimate of drug-likeness (QED) is 0.591. The van der Waals surface area contributed by atoms with Gasteiger partial charge in [-0.3, -0.25) is 0 Å². The molecular formula is C13H18O2Se. The van der Waals surface area contributed by atoms with Crippen LogP contribution in [0.5, 0.6) is 0 Å². The molecule has 1 aromatic rings. The Balaban J connectivity index is 2.40. The van der Waals surface area contributed by atoms with Crippen molar-refractivity contribution < 1.29 is 9.53 Å². The van der Waals surface area contributed by atoms with E-state index in [1.807, 2.05) is 6.07 Å². The van der Waals surface area contributed by atoms with Gasteiger partial charge in [0.15, 0.2) is 0 Å². The molecule has 0 saturated carbocycles. The van der Waals surface area contributed by atoms with Gasteiger partial charge in [-0.1, -0.05) is 0 Å². The molecule has 1 atom stereocenters. The van der Waals surface area contributed by atoms with Crippen LogP contribution in [0.3, 0.4) is 0 Å². The summed E-state index contributed by atoms with van der Waals surface area (Å²) in [7, 11) is 0. The summed E-state index contributed by atoms with van der Waals surface area (Å²) in [5, 5.41) is 0.977. The normalized spacial score (nSPS) is 12.1. The fourth-order valence-electron chi connectivity index (χ4n) is 1.44. The number of rotatable bonds is 6. The van der Waals surface area contributed by atoms with Crippen molar-refractivity contribution >= 4 is 25.4 Å². The summed E-state index contributed by atoms with van der Waals surface area (Å²) < 4.78 is 6.65. The van der Waals surface area contributed by atoms with Crippen LogP contribution in [-0.4, -0.2) is 27.0 Å². The van der Waals surface area contributed by atoms with Crippen LogP contribution >= 0.6 is 0 Å². The van der Waals surface area contributed by atoms with Crippen molar-refractivity contribution in [2.24, 2.45) is 0 Å². The van der Waals surface area contributed by atoms with Crippen LogP contribution in [0.25, 0.3) is 0 Å². The van der Waals surface area contributed by atoms with Gasteiger partial charge in [-0.2, -0.15) is 0 Å². The summed E-state index contributed by atoms with van der Waals surface area (Å²) in [6, 6.07) is 10.4. The molecule has 0 bridgehead atoms. The van der Waals surface area contributed by atoms with Crippen molar-refractivity contribution in [3.63, 3.8) is 0 Å². The van der Waals surface area contributed by atoms with E-state index in [4.69, 9.17) is 4.74 Å². The average Bonchev–Trinajstić information content (AvgIpc) is 2.27. The number of hydrogen-bond acceptors (Lipinski definition) is 2. The third-order valence-corrected chi connectivity index (χ3v) is 4.52. The van der Waals surface area contributed by atoms with Gasteiger partial charge in [0.25, 0.3) is 0 Å². The second-order valence-electron chi connectivity index (χ2n) is 3.64. The molecule has 0 aliphatic heterocycles. The van der Waals surface area contributed by atoms with E-state index in [2.05, 4.69) is 31.2 Å². The molecule has 0 spiro atoms. The van der Waals surface area contributed by atoms with E-state index in [1.165, 1.54) is 11.4 Å². The fraction of sp³-hybridized carbons (Fsp3) is 0.462. The van der Waals surface area contributed by atoms with E-state index in [0.29, 0.717) is 15.0 Å². The number of carbonyl (C=O) groups excluding carboxylic acids is 1. The van der Waals surface area contributed by atoms with E-state index >= 15 is 0 Å². The summed E-state index contributed by atoms with van der Waals surface area (Å²) in [5.74, 6) is -0.165.